The second kappa shape index (κ2) is 4.41. The van der Waals surface area contributed by atoms with Gasteiger partial charge in [0.15, 0.2) is 0 Å². The molecule has 0 amide bonds. The molecule has 0 spiro atoms. The first-order chi connectivity index (χ1) is 5.74. The maximum Gasteiger partial charge on any atom is 0.124 e. The summed E-state index contributed by atoms with van der Waals surface area (Å²) in [7, 11) is 0. The molecule has 0 aromatic heterocycles. The molecule has 2 nitrogen and oxygen atoms in total. The minimum atomic E-state index is 0.624. The van der Waals surface area contributed by atoms with Gasteiger partial charge in [0, 0.05) is 25.6 Å². The molecule has 1 aliphatic heterocycles. The lowest BCUT2D eigenvalue weighted by Crippen LogP contribution is -2.34. The Bertz CT molecular complexity index is 184. The third-order valence-electron chi connectivity index (χ3n) is 2.41. The van der Waals surface area contributed by atoms with Crippen LogP contribution in [-0.4, -0.2) is 30.3 Å². The summed E-state index contributed by atoms with van der Waals surface area (Å²) in [6.07, 6.45) is 4.89. The molecule has 12 heavy (non-hydrogen) atoms. The van der Waals surface area contributed by atoms with Crippen molar-refractivity contribution in [3.8, 4) is 0 Å². The standard InChI is InChI=1S/C10H17NO/c1-9(2)11-6-3-10(4-7-11)5-8-12/h3,8-9H,4-7H2,1-2H3. The molecule has 1 rings (SSSR count). The Hall–Kier alpha value is -0.630. The zero-order valence-electron chi connectivity index (χ0n) is 7.92. The van der Waals surface area contributed by atoms with Crippen LogP contribution >= 0.6 is 0 Å². The van der Waals surface area contributed by atoms with Crippen molar-refractivity contribution >= 4 is 6.29 Å². The van der Waals surface area contributed by atoms with E-state index in [0.717, 1.165) is 25.8 Å². The lowest BCUT2D eigenvalue weighted by molar-refractivity contribution is -0.107. The largest absolute Gasteiger partial charge is 0.303 e. The van der Waals surface area contributed by atoms with Crippen molar-refractivity contribution < 1.29 is 4.79 Å². The van der Waals surface area contributed by atoms with Gasteiger partial charge in [-0.3, -0.25) is 4.90 Å². The van der Waals surface area contributed by atoms with E-state index in [2.05, 4.69) is 24.8 Å². The van der Waals surface area contributed by atoms with Crippen molar-refractivity contribution in [3.63, 3.8) is 0 Å². The number of rotatable bonds is 3. The van der Waals surface area contributed by atoms with Gasteiger partial charge >= 0.3 is 0 Å². The molecule has 68 valence electrons. The third kappa shape index (κ3) is 2.45. The first-order valence-electron chi connectivity index (χ1n) is 4.59. The second-order valence-corrected chi connectivity index (χ2v) is 3.57. The summed E-state index contributed by atoms with van der Waals surface area (Å²) in [5, 5.41) is 0. The molecule has 0 saturated carbocycles. The first-order valence-corrected chi connectivity index (χ1v) is 4.59. The average molecular weight is 167 g/mol. The molecule has 0 unspecified atom stereocenters. The van der Waals surface area contributed by atoms with Crippen LogP contribution in [0, 0.1) is 0 Å². The van der Waals surface area contributed by atoms with Gasteiger partial charge in [0.25, 0.3) is 0 Å². The summed E-state index contributed by atoms with van der Waals surface area (Å²) in [5.74, 6) is 0. The van der Waals surface area contributed by atoms with Crippen LogP contribution in [0.4, 0.5) is 0 Å². The molecular formula is C10H17NO. The van der Waals surface area contributed by atoms with E-state index < -0.39 is 0 Å². The number of hydrogen-bond acceptors (Lipinski definition) is 2. The zero-order chi connectivity index (χ0) is 8.97. The highest BCUT2D eigenvalue weighted by Gasteiger charge is 2.13. The van der Waals surface area contributed by atoms with Crippen LogP contribution in [-0.2, 0) is 4.79 Å². The molecule has 1 heterocycles. The van der Waals surface area contributed by atoms with Crippen molar-refractivity contribution in [1.29, 1.82) is 0 Å². The first kappa shape index (κ1) is 9.46. The Kier molecular flexibility index (Phi) is 3.48. The third-order valence-corrected chi connectivity index (χ3v) is 2.41. The van der Waals surface area contributed by atoms with Gasteiger partial charge in [-0.1, -0.05) is 11.6 Å². The monoisotopic (exact) mass is 167 g/mol. The SMILES string of the molecule is CC(C)N1CC=C(CC=O)CC1. The second-order valence-electron chi connectivity index (χ2n) is 3.57. The zero-order valence-corrected chi connectivity index (χ0v) is 7.92. The van der Waals surface area contributed by atoms with E-state index in [0.29, 0.717) is 12.5 Å². The normalized spacial score (nSPS) is 19.4. The fourth-order valence-corrected chi connectivity index (χ4v) is 1.49. The Balaban J connectivity index is 2.41. The highest BCUT2D eigenvalue weighted by Crippen LogP contribution is 2.14. The Morgan fingerprint density at radius 2 is 2.42 bits per heavy atom. The fraction of sp³-hybridized carbons (Fsp3) is 0.700. The van der Waals surface area contributed by atoms with Gasteiger partial charge < -0.3 is 4.79 Å². The molecule has 0 aromatic carbocycles. The van der Waals surface area contributed by atoms with E-state index >= 15 is 0 Å². The van der Waals surface area contributed by atoms with Crippen LogP contribution in [0.15, 0.2) is 11.6 Å². The Morgan fingerprint density at radius 3 is 2.83 bits per heavy atom. The molecule has 0 aliphatic carbocycles. The molecule has 2 heteroatoms. The number of aldehydes is 1. The van der Waals surface area contributed by atoms with E-state index in [4.69, 9.17) is 0 Å². The van der Waals surface area contributed by atoms with Gasteiger partial charge in [0.1, 0.15) is 6.29 Å². The average Bonchev–Trinajstić information content (AvgIpc) is 2.06. The van der Waals surface area contributed by atoms with Crippen molar-refractivity contribution in [2.24, 2.45) is 0 Å². The molecule has 0 saturated heterocycles. The maximum atomic E-state index is 10.2. The van der Waals surface area contributed by atoms with Crippen LogP contribution in [0.1, 0.15) is 26.7 Å². The molecule has 0 radical (unpaired) electrons. The van der Waals surface area contributed by atoms with Crippen molar-refractivity contribution in [2.45, 2.75) is 32.7 Å². The van der Waals surface area contributed by atoms with E-state index in [1.807, 2.05) is 0 Å². The lowest BCUT2D eigenvalue weighted by Gasteiger charge is -2.29. The molecule has 0 fully saturated rings. The van der Waals surface area contributed by atoms with Gasteiger partial charge in [-0.05, 0) is 20.3 Å². The van der Waals surface area contributed by atoms with Crippen molar-refractivity contribution in [2.75, 3.05) is 13.1 Å². The summed E-state index contributed by atoms with van der Waals surface area (Å²) in [6.45, 7) is 6.54. The van der Waals surface area contributed by atoms with Crippen molar-refractivity contribution in [3.05, 3.63) is 11.6 Å². The van der Waals surface area contributed by atoms with Gasteiger partial charge in [-0.15, -0.1) is 0 Å². The number of carbonyl (C=O) groups is 1. The van der Waals surface area contributed by atoms with Crippen LogP contribution in [0.3, 0.4) is 0 Å². The molecule has 0 bridgehead atoms. The molecule has 0 N–H and O–H groups in total. The summed E-state index contributed by atoms with van der Waals surface area (Å²) >= 11 is 0. The minimum Gasteiger partial charge on any atom is -0.303 e. The fourth-order valence-electron chi connectivity index (χ4n) is 1.49. The van der Waals surface area contributed by atoms with Gasteiger partial charge in [-0.25, -0.2) is 0 Å². The van der Waals surface area contributed by atoms with Crippen LogP contribution in [0.25, 0.3) is 0 Å². The van der Waals surface area contributed by atoms with E-state index in [9.17, 15) is 4.79 Å². The Labute approximate surface area is 74.2 Å². The highest BCUT2D eigenvalue weighted by molar-refractivity contribution is 5.54. The molecule has 0 atom stereocenters. The lowest BCUT2D eigenvalue weighted by atomic mass is 10.0. The molecular weight excluding hydrogens is 150 g/mol. The summed E-state index contributed by atoms with van der Waals surface area (Å²) in [6, 6.07) is 0.624. The smallest absolute Gasteiger partial charge is 0.124 e. The number of carbonyl (C=O) groups excluding carboxylic acids is 1. The summed E-state index contributed by atoms with van der Waals surface area (Å²) < 4.78 is 0. The summed E-state index contributed by atoms with van der Waals surface area (Å²) in [4.78, 5) is 12.6. The molecule has 1 aliphatic rings. The predicted molar refractivity (Wildman–Crippen MR) is 50.1 cm³/mol. The maximum absolute atomic E-state index is 10.2. The summed E-state index contributed by atoms with van der Waals surface area (Å²) in [5.41, 5.74) is 1.31. The number of nitrogens with zero attached hydrogens (tertiary/aromatic N) is 1. The number of hydrogen-bond donors (Lipinski definition) is 0. The van der Waals surface area contributed by atoms with E-state index in [1.165, 1.54) is 5.57 Å². The quantitative estimate of drug-likeness (QED) is 0.470. The van der Waals surface area contributed by atoms with E-state index in [1.54, 1.807) is 0 Å². The van der Waals surface area contributed by atoms with Gasteiger partial charge in [0.05, 0.1) is 0 Å². The highest BCUT2D eigenvalue weighted by atomic mass is 16.1. The van der Waals surface area contributed by atoms with Crippen LogP contribution < -0.4 is 0 Å². The van der Waals surface area contributed by atoms with Crippen LogP contribution in [0.2, 0.25) is 0 Å². The van der Waals surface area contributed by atoms with Gasteiger partial charge in [-0.2, -0.15) is 0 Å². The molecule has 0 aromatic rings. The van der Waals surface area contributed by atoms with Crippen molar-refractivity contribution in [1.82, 2.24) is 4.90 Å². The Morgan fingerprint density at radius 1 is 1.67 bits per heavy atom. The minimum absolute atomic E-state index is 0.624. The van der Waals surface area contributed by atoms with E-state index in [-0.39, 0.29) is 0 Å². The van der Waals surface area contributed by atoms with Crippen LogP contribution in [0.5, 0.6) is 0 Å². The topological polar surface area (TPSA) is 20.3 Å². The van der Waals surface area contributed by atoms with Gasteiger partial charge in [0.2, 0.25) is 0 Å². The predicted octanol–water partition coefficient (Wildman–Crippen LogP) is 1.62.